The molecule has 2 aromatic carbocycles. The van der Waals surface area contributed by atoms with Gasteiger partial charge >= 0.3 is 0 Å². The summed E-state index contributed by atoms with van der Waals surface area (Å²) < 4.78 is 51.1. The molecular weight excluding hydrogens is 406 g/mol. The van der Waals surface area contributed by atoms with Crippen LogP contribution in [0.5, 0.6) is 0 Å². The predicted octanol–water partition coefficient (Wildman–Crippen LogP) is 3.34. The number of aryl methyl sites for hydroxylation is 1. The van der Waals surface area contributed by atoms with Gasteiger partial charge in [-0.1, -0.05) is 17.7 Å². The first-order chi connectivity index (χ1) is 13.2. The quantitative estimate of drug-likeness (QED) is 0.491. The molecule has 0 aliphatic carbocycles. The maximum atomic E-state index is 13.4. The third kappa shape index (κ3) is 6.79. The second kappa shape index (κ2) is 9.88. The van der Waals surface area contributed by atoms with E-state index in [1.54, 1.807) is 11.8 Å². The van der Waals surface area contributed by atoms with Gasteiger partial charge in [0.15, 0.2) is 11.6 Å². The van der Waals surface area contributed by atoms with Gasteiger partial charge in [0.25, 0.3) is 0 Å². The number of nitrogens with one attached hydrogen (secondary N) is 1. The lowest BCUT2D eigenvalue weighted by Crippen LogP contribution is -2.40. The van der Waals surface area contributed by atoms with Crippen LogP contribution in [-0.4, -0.2) is 39.4 Å². The summed E-state index contributed by atoms with van der Waals surface area (Å²) in [5.74, 6) is -2.00. The molecule has 0 atom stereocenters. The molecule has 0 aliphatic rings. The van der Waals surface area contributed by atoms with Gasteiger partial charge in [-0.3, -0.25) is 9.10 Å². The number of halogens is 2. The number of sulfonamides is 1. The second-order valence-electron chi connectivity index (χ2n) is 6.23. The van der Waals surface area contributed by atoms with Crippen LogP contribution in [0.15, 0.2) is 47.4 Å². The standard InChI is InChI=1S/C19H22F2N2O3S2/c1-14-4-7-16(8-5-14)27-11-3-10-22-19(24)13-23(28(2,25)26)15-6-9-17(20)18(21)12-15/h4-9,12H,3,10-11,13H2,1-2H3,(H,22,24). The Hall–Kier alpha value is -2.13. The number of anilines is 1. The fourth-order valence-electron chi connectivity index (χ4n) is 2.35. The van der Waals surface area contributed by atoms with Gasteiger partial charge in [-0.25, -0.2) is 17.2 Å². The molecule has 0 aromatic heterocycles. The van der Waals surface area contributed by atoms with Crippen molar-refractivity contribution in [1.82, 2.24) is 5.32 Å². The molecule has 0 aliphatic heterocycles. The van der Waals surface area contributed by atoms with Crippen molar-refractivity contribution in [2.75, 3.05) is 29.4 Å². The molecule has 28 heavy (non-hydrogen) atoms. The summed E-state index contributed by atoms with van der Waals surface area (Å²) >= 11 is 1.66. The lowest BCUT2D eigenvalue weighted by molar-refractivity contribution is -0.119. The number of thioether (sulfide) groups is 1. The first kappa shape index (κ1) is 22.2. The first-order valence-electron chi connectivity index (χ1n) is 8.56. The van der Waals surface area contributed by atoms with Gasteiger partial charge in [-0.2, -0.15) is 0 Å². The molecule has 0 saturated heterocycles. The fraction of sp³-hybridized carbons (Fsp3) is 0.316. The number of carbonyl (C=O) groups is 1. The predicted molar refractivity (Wildman–Crippen MR) is 108 cm³/mol. The van der Waals surface area contributed by atoms with Crippen LogP contribution in [0.1, 0.15) is 12.0 Å². The van der Waals surface area contributed by atoms with E-state index in [4.69, 9.17) is 0 Å². The van der Waals surface area contributed by atoms with E-state index in [0.29, 0.717) is 13.0 Å². The van der Waals surface area contributed by atoms with Crippen LogP contribution in [0, 0.1) is 18.6 Å². The molecule has 2 rings (SSSR count). The summed E-state index contributed by atoms with van der Waals surface area (Å²) in [6, 6.07) is 10.8. The van der Waals surface area contributed by atoms with Gasteiger partial charge in [0.1, 0.15) is 6.54 Å². The number of rotatable bonds is 9. The number of hydrogen-bond acceptors (Lipinski definition) is 4. The van der Waals surface area contributed by atoms with Gasteiger partial charge in [-0.05, 0) is 43.4 Å². The minimum absolute atomic E-state index is 0.105. The zero-order valence-electron chi connectivity index (χ0n) is 15.6. The molecule has 0 saturated carbocycles. The number of benzene rings is 2. The second-order valence-corrected chi connectivity index (χ2v) is 9.31. The van der Waals surface area contributed by atoms with Crippen LogP contribution in [-0.2, 0) is 14.8 Å². The van der Waals surface area contributed by atoms with Gasteiger partial charge in [-0.15, -0.1) is 11.8 Å². The van der Waals surface area contributed by atoms with Gasteiger partial charge in [0.05, 0.1) is 11.9 Å². The van der Waals surface area contributed by atoms with E-state index in [-0.39, 0.29) is 5.69 Å². The molecule has 1 amide bonds. The third-order valence-corrected chi connectivity index (χ3v) is 6.05. The van der Waals surface area contributed by atoms with Crippen molar-refractivity contribution in [2.45, 2.75) is 18.2 Å². The largest absolute Gasteiger partial charge is 0.354 e. The fourth-order valence-corrected chi connectivity index (χ4v) is 4.05. The zero-order chi connectivity index (χ0) is 20.7. The molecule has 1 N–H and O–H groups in total. The number of nitrogens with zero attached hydrogens (tertiary/aromatic N) is 1. The molecule has 152 valence electrons. The van der Waals surface area contributed by atoms with Crippen molar-refractivity contribution in [3.63, 3.8) is 0 Å². The molecule has 0 bridgehead atoms. The van der Waals surface area contributed by atoms with E-state index in [1.165, 1.54) is 5.56 Å². The van der Waals surface area contributed by atoms with Crippen molar-refractivity contribution in [1.29, 1.82) is 0 Å². The maximum absolute atomic E-state index is 13.4. The Morgan fingerprint density at radius 2 is 1.79 bits per heavy atom. The monoisotopic (exact) mass is 428 g/mol. The van der Waals surface area contributed by atoms with Crippen LogP contribution in [0.3, 0.4) is 0 Å². The summed E-state index contributed by atoms with van der Waals surface area (Å²) in [6.45, 7) is 1.90. The molecular formula is C19H22F2N2O3S2. The van der Waals surface area contributed by atoms with Crippen molar-refractivity contribution in [2.24, 2.45) is 0 Å². The lowest BCUT2D eigenvalue weighted by atomic mass is 10.2. The number of carbonyl (C=O) groups excluding carboxylic acids is 1. The summed E-state index contributed by atoms with van der Waals surface area (Å²) in [6.07, 6.45) is 1.61. The Kier molecular flexibility index (Phi) is 7.82. The molecule has 0 fully saturated rings. The van der Waals surface area contributed by atoms with Crippen LogP contribution in [0.25, 0.3) is 0 Å². The average molecular weight is 429 g/mol. The van der Waals surface area contributed by atoms with Gasteiger partial charge < -0.3 is 5.32 Å². The van der Waals surface area contributed by atoms with Crippen molar-refractivity contribution >= 4 is 33.4 Å². The highest BCUT2D eigenvalue weighted by molar-refractivity contribution is 7.99. The molecule has 2 aromatic rings. The average Bonchev–Trinajstić information content (AvgIpc) is 2.62. The summed E-state index contributed by atoms with van der Waals surface area (Å²) in [7, 11) is -3.84. The Morgan fingerprint density at radius 1 is 1.11 bits per heavy atom. The molecule has 9 heteroatoms. The highest BCUT2D eigenvalue weighted by Gasteiger charge is 2.21. The summed E-state index contributed by atoms with van der Waals surface area (Å²) in [5, 5.41) is 2.65. The molecule has 0 radical (unpaired) electrons. The van der Waals surface area contributed by atoms with E-state index in [1.807, 2.05) is 31.2 Å². The normalized spacial score (nSPS) is 11.3. The zero-order valence-corrected chi connectivity index (χ0v) is 17.2. The molecule has 5 nitrogen and oxygen atoms in total. The Labute approximate surface area is 168 Å². The number of hydrogen-bond donors (Lipinski definition) is 1. The van der Waals surface area contributed by atoms with E-state index in [2.05, 4.69) is 5.32 Å². The van der Waals surface area contributed by atoms with E-state index in [9.17, 15) is 22.0 Å². The third-order valence-electron chi connectivity index (χ3n) is 3.81. The van der Waals surface area contributed by atoms with Crippen molar-refractivity contribution in [3.05, 3.63) is 59.7 Å². The van der Waals surface area contributed by atoms with Crippen LogP contribution in [0.4, 0.5) is 14.5 Å². The highest BCUT2D eigenvalue weighted by Crippen LogP contribution is 2.20. The van der Waals surface area contributed by atoms with Crippen LogP contribution in [0.2, 0.25) is 0 Å². The molecule has 0 unspecified atom stereocenters. The SMILES string of the molecule is Cc1ccc(SCCCNC(=O)CN(c2ccc(F)c(F)c2)S(C)(=O)=O)cc1. The van der Waals surface area contributed by atoms with Gasteiger partial charge in [0, 0.05) is 17.5 Å². The first-order valence-corrected chi connectivity index (χ1v) is 11.4. The van der Waals surface area contributed by atoms with Crippen LogP contribution < -0.4 is 9.62 Å². The van der Waals surface area contributed by atoms with E-state index in [0.717, 1.165) is 39.4 Å². The minimum atomic E-state index is -3.84. The summed E-state index contributed by atoms with van der Waals surface area (Å²) in [4.78, 5) is 13.2. The van der Waals surface area contributed by atoms with E-state index < -0.39 is 34.1 Å². The smallest absolute Gasteiger partial charge is 0.240 e. The molecule has 0 heterocycles. The Morgan fingerprint density at radius 3 is 2.39 bits per heavy atom. The maximum Gasteiger partial charge on any atom is 0.240 e. The number of amides is 1. The van der Waals surface area contributed by atoms with Crippen molar-refractivity contribution in [3.8, 4) is 0 Å². The highest BCUT2D eigenvalue weighted by atomic mass is 32.2. The van der Waals surface area contributed by atoms with Crippen LogP contribution >= 0.6 is 11.8 Å². The van der Waals surface area contributed by atoms with Crippen molar-refractivity contribution < 1.29 is 22.0 Å². The Balaban J connectivity index is 1.84. The minimum Gasteiger partial charge on any atom is -0.354 e. The molecule has 0 spiro atoms. The van der Waals surface area contributed by atoms with E-state index >= 15 is 0 Å². The van der Waals surface area contributed by atoms with Gasteiger partial charge in [0.2, 0.25) is 15.9 Å². The summed E-state index contributed by atoms with van der Waals surface area (Å²) in [5.41, 5.74) is 1.08. The Bertz CT molecular complexity index is 919. The lowest BCUT2D eigenvalue weighted by Gasteiger charge is -2.22. The topological polar surface area (TPSA) is 66.5 Å².